The molecule has 0 fully saturated rings. The Hall–Kier alpha value is -2.81. The van der Waals surface area contributed by atoms with E-state index in [0.717, 1.165) is 34.3 Å². The summed E-state index contributed by atoms with van der Waals surface area (Å²) in [6.07, 6.45) is 12.8. The van der Waals surface area contributed by atoms with Gasteiger partial charge in [0.15, 0.2) is 0 Å². The molecule has 0 heterocycles. The second-order valence-corrected chi connectivity index (χ2v) is 6.30. The predicted molar refractivity (Wildman–Crippen MR) is 108 cm³/mol. The Bertz CT molecular complexity index is 851. The maximum Gasteiger partial charge on any atom is 0.123 e. The van der Waals surface area contributed by atoms with Gasteiger partial charge in [-0.15, -0.1) is 0 Å². The minimum atomic E-state index is -0.296. The SMILES string of the molecule is C\C=C/C=C(CC)/C(N)=C/C(C)=C1/C=C(c2cccc(F)c2)C=C(O)C1. The molecule has 0 aromatic heterocycles. The molecule has 0 aliphatic heterocycles. The molecule has 0 unspecified atom stereocenters. The van der Waals surface area contributed by atoms with E-state index in [9.17, 15) is 9.50 Å². The highest BCUT2D eigenvalue weighted by molar-refractivity contribution is 5.78. The molecule has 1 aliphatic carbocycles. The van der Waals surface area contributed by atoms with Gasteiger partial charge in [-0.3, -0.25) is 0 Å². The molecule has 26 heavy (non-hydrogen) atoms. The summed E-state index contributed by atoms with van der Waals surface area (Å²) in [5.74, 6) is -0.0387. The largest absolute Gasteiger partial charge is 0.512 e. The molecule has 0 spiro atoms. The first-order valence-corrected chi connectivity index (χ1v) is 8.81. The van der Waals surface area contributed by atoms with E-state index in [0.29, 0.717) is 12.1 Å². The maximum atomic E-state index is 13.5. The van der Waals surface area contributed by atoms with Crippen molar-refractivity contribution in [3.63, 3.8) is 0 Å². The van der Waals surface area contributed by atoms with Gasteiger partial charge in [-0.05, 0) is 72.4 Å². The van der Waals surface area contributed by atoms with Gasteiger partial charge in [-0.1, -0.05) is 43.4 Å². The molecule has 0 atom stereocenters. The van der Waals surface area contributed by atoms with Crippen LogP contribution in [0.2, 0.25) is 0 Å². The lowest BCUT2D eigenvalue weighted by Gasteiger charge is -2.15. The fourth-order valence-corrected chi connectivity index (χ4v) is 2.84. The summed E-state index contributed by atoms with van der Waals surface area (Å²) in [5.41, 5.74) is 11.5. The molecule has 0 saturated carbocycles. The van der Waals surface area contributed by atoms with Crippen LogP contribution in [0.1, 0.15) is 39.2 Å². The zero-order valence-corrected chi connectivity index (χ0v) is 15.6. The number of hydrogen-bond acceptors (Lipinski definition) is 2. The Kier molecular flexibility index (Phi) is 6.79. The summed E-state index contributed by atoms with van der Waals surface area (Å²) in [4.78, 5) is 0. The number of allylic oxidation sites excluding steroid dienone is 10. The number of aliphatic hydroxyl groups excluding tert-OH is 1. The van der Waals surface area contributed by atoms with E-state index < -0.39 is 0 Å². The van der Waals surface area contributed by atoms with Crippen molar-refractivity contribution >= 4 is 5.57 Å². The Morgan fingerprint density at radius 2 is 2.08 bits per heavy atom. The third-order valence-electron chi connectivity index (χ3n) is 4.30. The van der Waals surface area contributed by atoms with E-state index in [4.69, 9.17) is 5.73 Å². The maximum absolute atomic E-state index is 13.5. The van der Waals surface area contributed by atoms with Gasteiger partial charge >= 0.3 is 0 Å². The van der Waals surface area contributed by atoms with Gasteiger partial charge < -0.3 is 10.8 Å². The van der Waals surface area contributed by atoms with Gasteiger partial charge in [-0.2, -0.15) is 0 Å². The van der Waals surface area contributed by atoms with Crippen LogP contribution in [0, 0.1) is 5.82 Å². The monoisotopic (exact) mass is 351 g/mol. The zero-order valence-electron chi connectivity index (χ0n) is 15.6. The number of rotatable bonds is 5. The molecular formula is C23H26FNO. The van der Waals surface area contributed by atoms with Crippen LogP contribution in [-0.4, -0.2) is 5.11 Å². The second kappa shape index (κ2) is 9.04. The molecule has 2 nitrogen and oxygen atoms in total. The average molecular weight is 351 g/mol. The molecule has 3 N–H and O–H groups in total. The number of nitrogens with two attached hydrogens (primary N) is 1. The molecule has 0 bridgehead atoms. The first-order valence-electron chi connectivity index (χ1n) is 8.81. The molecule has 0 radical (unpaired) electrons. The van der Waals surface area contributed by atoms with Crippen LogP contribution >= 0.6 is 0 Å². The van der Waals surface area contributed by atoms with Gasteiger partial charge in [0.1, 0.15) is 5.82 Å². The van der Waals surface area contributed by atoms with Crippen LogP contribution in [-0.2, 0) is 0 Å². The summed E-state index contributed by atoms with van der Waals surface area (Å²) in [6.45, 7) is 6.01. The second-order valence-electron chi connectivity index (χ2n) is 6.30. The number of aliphatic hydroxyl groups is 1. The van der Waals surface area contributed by atoms with Crippen LogP contribution in [0.5, 0.6) is 0 Å². The predicted octanol–water partition coefficient (Wildman–Crippen LogP) is 6.13. The lowest BCUT2D eigenvalue weighted by molar-refractivity contribution is 0.398. The molecule has 136 valence electrons. The number of hydrogen-bond donors (Lipinski definition) is 2. The van der Waals surface area contributed by atoms with Crippen molar-refractivity contribution in [1.29, 1.82) is 0 Å². The standard InChI is InChI=1S/C23H26FNO/c1-4-6-8-17(5-2)23(25)11-16(3)19-12-20(15-22(26)14-19)18-9-7-10-21(24)13-18/h4,6-13,15,26H,5,14,25H2,1-3H3/b6-4-,17-8+,19-16-,23-11-. The van der Waals surface area contributed by atoms with Crippen LogP contribution < -0.4 is 5.73 Å². The van der Waals surface area contributed by atoms with Crippen molar-refractivity contribution < 1.29 is 9.50 Å². The smallest absolute Gasteiger partial charge is 0.123 e. The van der Waals surface area contributed by atoms with E-state index in [1.807, 2.05) is 50.3 Å². The van der Waals surface area contributed by atoms with Gasteiger partial charge in [0.25, 0.3) is 0 Å². The summed E-state index contributed by atoms with van der Waals surface area (Å²) in [5, 5.41) is 10.2. The lowest BCUT2D eigenvalue weighted by atomic mass is 9.92. The van der Waals surface area contributed by atoms with Crippen LogP contribution in [0.25, 0.3) is 5.57 Å². The average Bonchev–Trinajstić information content (AvgIpc) is 2.61. The van der Waals surface area contributed by atoms with E-state index in [1.165, 1.54) is 12.1 Å². The zero-order chi connectivity index (χ0) is 19.1. The summed E-state index contributed by atoms with van der Waals surface area (Å²) < 4.78 is 13.5. The third kappa shape index (κ3) is 5.09. The minimum Gasteiger partial charge on any atom is -0.512 e. The molecule has 1 aliphatic rings. The first kappa shape index (κ1) is 19.5. The highest BCUT2D eigenvalue weighted by Gasteiger charge is 2.12. The van der Waals surface area contributed by atoms with Crippen molar-refractivity contribution in [1.82, 2.24) is 0 Å². The van der Waals surface area contributed by atoms with Crippen molar-refractivity contribution in [3.8, 4) is 0 Å². The Labute approximate surface area is 155 Å². The van der Waals surface area contributed by atoms with E-state index in [2.05, 4.69) is 6.92 Å². The fourth-order valence-electron chi connectivity index (χ4n) is 2.84. The van der Waals surface area contributed by atoms with Crippen molar-refractivity contribution in [2.75, 3.05) is 0 Å². The summed E-state index contributed by atoms with van der Waals surface area (Å²) >= 11 is 0. The molecule has 2 rings (SSSR count). The van der Waals surface area contributed by atoms with E-state index in [-0.39, 0.29) is 11.6 Å². The fraction of sp³-hybridized carbons (Fsp3) is 0.217. The minimum absolute atomic E-state index is 0.258. The van der Waals surface area contributed by atoms with Crippen LogP contribution in [0.4, 0.5) is 4.39 Å². The molecule has 1 aromatic rings. The van der Waals surface area contributed by atoms with Gasteiger partial charge in [0.05, 0.1) is 5.76 Å². The highest BCUT2D eigenvalue weighted by Crippen LogP contribution is 2.30. The van der Waals surface area contributed by atoms with E-state index >= 15 is 0 Å². The summed E-state index contributed by atoms with van der Waals surface area (Å²) in [7, 11) is 0. The van der Waals surface area contributed by atoms with Crippen LogP contribution in [0.3, 0.4) is 0 Å². The van der Waals surface area contributed by atoms with Gasteiger partial charge in [0.2, 0.25) is 0 Å². The normalized spacial score (nSPS) is 18.0. The van der Waals surface area contributed by atoms with Crippen molar-refractivity contribution in [3.05, 3.63) is 100 Å². The first-order chi connectivity index (χ1) is 12.4. The van der Waals surface area contributed by atoms with Gasteiger partial charge in [-0.25, -0.2) is 4.39 Å². The van der Waals surface area contributed by atoms with E-state index in [1.54, 1.807) is 12.1 Å². The quantitative estimate of drug-likeness (QED) is 0.627. The number of benzene rings is 1. The van der Waals surface area contributed by atoms with Crippen molar-refractivity contribution in [2.24, 2.45) is 5.73 Å². The topological polar surface area (TPSA) is 46.2 Å². The lowest BCUT2D eigenvalue weighted by Crippen LogP contribution is -2.03. The number of halogens is 1. The molecular weight excluding hydrogens is 325 g/mol. The Morgan fingerprint density at radius 1 is 1.31 bits per heavy atom. The molecule has 3 heteroatoms. The van der Waals surface area contributed by atoms with Crippen molar-refractivity contribution in [2.45, 2.75) is 33.6 Å². The Balaban J connectivity index is 2.42. The third-order valence-corrected chi connectivity index (χ3v) is 4.30. The van der Waals surface area contributed by atoms with Gasteiger partial charge in [0, 0.05) is 12.1 Å². The molecule has 1 aromatic carbocycles. The Morgan fingerprint density at radius 3 is 2.73 bits per heavy atom. The summed E-state index contributed by atoms with van der Waals surface area (Å²) in [6, 6.07) is 6.37. The van der Waals surface area contributed by atoms with Crippen LogP contribution in [0.15, 0.2) is 88.9 Å². The molecule has 0 saturated heterocycles. The molecule has 0 amide bonds. The highest BCUT2D eigenvalue weighted by atomic mass is 19.1.